The largest absolute Gasteiger partial charge is 0.496 e. The van der Waals surface area contributed by atoms with Crippen LogP contribution in [0, 0.1) is 0 Å². The molecule has 0 fully saturated rings. The summed E-state index contributed by atoms with van der Waals surface area (Å²) in [6.07, 6.45) is 4.11. The number of ether oxygens (including phenoxy) is 1. The van der Waals surface area contributed by atoms with Gasteiger partial charge >= 0.3 is 0 Å². The standard InChI is InChI=1S/C19H20N2O/c1-14(2)21-17-10-6-5-9-16(17)20-19(21)13-12-15-8-4-7-11-18(15)22-3/h4-14H,1-3H3/b13-12+. The van der Waals surface area contributed by atoms with Gasteiger partial charge in [-0.1, -0.05) is 30.3 Å². The Morgan fingerprint density at radius 2 is 1.73 bits per heavy atom. The third kappa shape index (κ3) is 2.62. The third-order valence-corrected chi connectivity index (χ3v) is 3.69. The van der Waals surface area contributed by atoms with Crippen molar-refractivity contribution in [1.82, 2.24) is 9.55 Å². The number of fused-ring (bicyclic) bond motifs is 1. The predicted octanol–water partition coefficient (Wildman–Crippen LogP) is 4.80. The monoisotopic (exact) mass is 292 g/mol. The number of nitrogens with zero attached hydrogens (tertiary/aromatic N) is 2. The van der Waals surface area contributed by atoms with Crippen LogP contribution in [0.25, 0.3) is 23.2 Å². The highest BCUT2D eigenvalue weighted by atomic mass is 16.5. The summed E-state index contributed by atoms with van der Waals surface area (Å²) in [5.74, 6) is 1.83. The second kappa shape index (κ2) is 6.06. The fourth-order valence-corrected chi connectivity index (χ4v) is 2.69. The van der Waals surface area contributed by atoms with Crippen LogP contribution in [0.4, 0.5) is 0 Å². The molecule has 0 bridgehead atoms. The van der Waals surface area contributed by atoms with E-state index < -0.39 is 0 Å². The molecule has 3 aromatic rings. The SMILES string of the molecule is COc1ccccc1/C=C/c1nc2ccccc2n1C(C)C. The van der Waals surface area contributed by atoms with E-state index in [1.54, 1.807) is 7.11 Å². The summed E-state index contributed by atoms with van der Waals surface area (Å²) in [4.78, 5) is 4.74. The summed E-state index contributed by atoms with van der Waals surface area (Å²) < 4.78 is 7.64. The number of para-hydroxylation sites is 3. The molecule has 3 rings (SSSR count). The minimum absolute atomic E-state index is 0.352. The molecular formula is C19H20N2O. The minimum atomic E-state index is 0.352. The minimum Gasteiger partial charge on any atom is -0.496 e. The Kier molecular flexibility index (Phi) is 3.96. The second-order valence-corrected chi connectivity index (χ2v) is 5.50. The number of benzene rings is 2. The highest BCUT2D eigenvalue weighted by Gasteiger charge is 2.10. The molecule has 0 aliphatic rings. The lowest BCUT2D eigenvalue weighted by Crippen LogP contribution is -2.02. The molecule has 0 unspecified atom stereocenters. The van der Waals surface area contributed by atoms with E-state index in [9.17, 15) is 0 Å². The Morgan fingerprint density at radius 1 is 1.00 bits per heavy atom. The molecular weight excluding hydrogens is 272 g/mol. The van der Waals surface area contributed by atoms with Crippen molar-refractivity contribution < 1.29 is 4.74 Å². The normalized spacial score (nSPS) is 11.6. The first-order valence-electron chi connectivity index (χ1n) is 7.49. The van der Waals surface area contributed by atoms with E-state index in [0.717, 1.165) is 28.2 Å². The second-order valence-electron chi connectivity index (χ2n) is 5.50. The van der Waals surface area contributed by atoms with E-state index in [1.807, 2.05) is 30.3 Å². The van der Waals surface area contributed by atoms with Gasteiger partial charge in [-0.2, -0.15) is 0 Å². The third-order valence-electron chi connectivity index (χ3n) is 3.69. The van der Waals surface area contributed by atoms with Crippen molar-refractivity contribution >= 4 is 23.2 Å². The van der Waals surface area contributed by atoms with E-state index in [-0.39, 0.29) is 0 Å². The molecule has 0 N–H and O–H groups in total. The molecule has 1 aromatic heterocycles. The van der Waals surface area contributed by atoms with Crippen molar-refractivity contribution in [2.45, 2.75) is 19.9 Å². The van der Waals surface area contributed by atoms with Crippen LogP contribution in [0.5, 0.6) is 5.75 Å². The summed E-state index contributed by atoms with van der Waals surface area (Å²) >= 11 is 0. The van der Waals surface area contributed by atoms with Crippen LogP contribution in [0.1, 0.15) is 31.3 Å². The predicted molar refractivity (Wildman–Crippen MR) is 92.0 cm³/mol. The summed E-state index contributed by atoms with van der Waals surface area (Å²) in [6.45, 7) is 4.35. The van der Waals surface area contributed by atoms with Gasteiger partial charge in [-0.3, -0.25) is 0 Å². The van der Waals surface area contributed by atoms with Gasteiger partial charge in [-0.05, 0) is 44.2 Å². The maximum Gasteiger partial charge on any atom is 0.134 e. The Labute approximate surface area is 130 Å². The molecule has 0 aliphatic heterocycles. The lowest BCUT2D eigenvalue weighted by molar-refractivity contribution is 0.414. The zero-order valence-corrected chi connectivity index (χ0v) is 13.2. The molecule has 1 heterocycles. The number of imidazole rings is 1. The van der Waals surface area contributed by atoms with Gasteiger partial charge in [0.2, 0.25) is 0 Å². The Morgan fingerprint density at radius 3 is 2.50 bits per heavy atom. The van der Waals surface area contributed by atoms with Crippen molar-refractivity contribution in [2.75, 3.05) is 7.11 Å². The number of rotatable bonds is 4. The number of hydrogen-bond acceptors (Lipinski definition) is 2. The molecule has 0 radical (unpaired) electrons. The van der Waals surface area contributed by atoms with Crippen molar-refractivity contribution in [3.63, 3.8) is 0 Å². The van der Waals surface area contributed by atoms with Crippen LogP contribution in [-0.4, -0.2) is 16.7 Å². The van der Waals surface area contributed by atoms with Crippen molar-refractivity contribution in [2.24, 2.45) is 0 Å². The molecule has 0 saturated carbocycles. The van der Waals surface area contributed by atoms with E-state index in [2.05, 4.69) is 48.8 Å². The summed E-state index contributed by atoms with van der Waals surface area (Å²) in [7, 11) is 1.69. The van der Waals surface area contributed by atoms with Gasteiger partial charge in [0, 0.05) is 11.6 Å². The molecule has 0 spiro atoms. The number of hydrogen-bond donors (Lipinski definition) is 0. The van der Waals surface area contributed by atoms with Gasteiger partial charge in [0.25, 0.3) is 0 Å². The fraction of sp³-hybridized carbons (Fsp3) is 0.211. The fourth-order valence-electron chi connectivity index (χ4n) is 2.69. The lowest BCUT2D eigenvalue weighted by atomic mass is 10.2. The summed E-state index contributed by atoms with van der Waals surface area (Å²) in [5, 5.41) is 0. The van der Waals surface area contributed by atoms with Gasteiger partial charge in [0.15, 0.2) is 0 Å². The summed E-state index contributed by atoms with van der Waals surface area (Å²) in [5.41, 5.74) is 3.24. The first-order valence-corrected chi connectivity index (χ1v) is 7.49. The molecule has 0 aliphatic carbocycles. The average Bonchev–Trinajstić information content (AvgIpc) is 2.91. The molecule has 112 valence electrons. The highest BCUT2D eigenvalue weighted by Crippen LogP contribution is 2.24. The first kappa shape index (κ1) is 14.4. The van der Waals surface area contributed by atoms with Crippen molar-refractivity contribution in [3.05, 3.63) is 59.9 Å². The van der Waals surface area contributed by atoms with Gasteiger partial charge in [0.05, 0.1) is 18.1 Å². The van der Waals surface area contributed by atoms with E-state index in [4.69, 9.17) is 9.72 Å². The van der Waals surface area contributed by atoms with Crippen molar-refractivity contribution in [3.8, 4) is 5.75 Å². The quantitative estimate of drug-likeness (QED) is 0.691. The topological polar surface area (TPSA) is 27.1 Å². The van der Waals surface area contributed by atoms with Crippen LogP contribution in [0.3, 0.4) is 0 Å². The molecule has 3 nitrogen and oxygen atoms in total. The average molecular weight is 292 g/mol. The molecule has 0 saturated heterocycles. The molecule has 2 aromatic carbocycles. The van der Waals surface area contributed by atoms with Crippen LogP contribution in [0.15, 0.2) is 48.5 Å². The molecule has 0 amide bonds. The maximum atomic E-state index is 5.39. The Bertz CT molecular complexity index is 815. The zero-order chi connectivity index (χ0) is 15.5. The van der Waals surface area contributed by atoms with Gasteiger partial charge in [-0.15, -0.1) is 0 Å². The van der Waals surface area contributed by atoms with Crippen LogP contribution in [0.2, 0.25) is 0 Å². The van der Waals surface area contributed by atoms with E-state index >= 15 is 0 Å². The Hall–Kier alpha value is -2.55. The first-order chi connectivity index (χ1) is 10.7. The lowest BCUT2D eigenvalue weighted by Gasteiger charge is -2.11. The smallest absolute Gasteiger partial charge is 0.134 e. The number of aromatic nitrogens is 2. The van der Waals surface area contributed by atoms with Gasteiger partial charge in [-0.25, -0.2) is 4.98 Å². The van der Waals surface area contributed by atoms with Crippen LogP contribution < -0.4 is 4.74 Å². The van der Waals surface area contributed by atoms with Gasteiger partial charge in [0.1, 0.15) is 11.6 Å². The van der Waals surface area contributed by atoms with Crippen molar-refractivity contribution in [1.29, 1.82) is 0 Å². The molecule has 0 atom stereocenters. The zero-order valence-electron chi connectivity index (χ0n) is 13.2. The van der Waals surface area contributed by atoms with E-state index in [1.165, 1.54) is 0 Å². The molecule has 22 heavy (non-hydrogen) atoms. The highest BCUT2D eigenvalue weighted by molar-refractivity contribution is 5.80. The number of methoxy groups -OCH3 is 1. The van der Waals surface area contributed by atoms with Gasteiger partial charge < -0.3 is 9.30 Å². The summed E-state index contributed by atoms with van der Waals surface area (Å²) in [6, 6.07) is 16.6. The maximum absolute atomic E-state index is 5.39. The molecule has 3 heteroatoms. The van der Waals surface area contributed by atoms with E-state index in [0.29, 0.717) is 6.04 Å². The van der Waals surface area contributed by atoms with Crippen LogP contribution >= 0.6 is 0 Å². The van der Waals surface area contributed by atoms with Crippen LogP contribution in [-0.2, 0) is 0 Å². The Balaban J connectivity index is 2.07.